The van der Waals surface area contributed by atoms with Crippen molar-refractivity contribution >= 4 is 46.4 Å². The lowest BCUT2D eigenvalue weighted by Gasteiger charge is -2.40. The Kier molecular flexibility index (Phi) is 20.3. The summed E-state index contributed by atoms with van der Waals surface area (Å²) in [5, 5.41) is 10.9. The Balaban J connectivity index is 0.652. The molecule has 4 aliphatic heterocycles. The molecule has 18 nitrogen and oxygen atoms in total. The first kappa shape index (κ1) is 63.3. The number of rotatable bonds is 16. The average molecular weight is 1220 g/mol. The van der Waals surface area contributed by atoms with Crippen LogP contribution in [0.25, 0.3) is 10.8 Å². The Labute approximate surface area is 509 Å². The molecule has 5 aliphatic rings. The van der Waals surface area contributed by atoms with Gasteiger partial charge in [0, 0.05) is 88.9 Å². The largest absolute Gasteiger partial charge is 0.444 e. The summed E-state index contributed by atoms with van der Waals surface area (Å²) in [5.41, 5.74) is 0.547. The molecule has 0 spiro atoms. The van der Waals surface area contributed by atoms with Gasteiger partial charge in [-0.1, -0.05) is 55.7 Å². The molecule has 5 fully saturated rings. The van der Waals surface area contributed by atoms with Gasteiger partial charge in [-0.15, -0.1) is 0 Å². The molecular formula is C66H79F4N9O9. The summed E-state index contributed by atoms with van der Waals surface area (Å²) in [7, 11) is 0. The van der Waals surface area contributed by atoms with E-state index in [4.69, 9.17) is 9.47 Å². The molecule has 4 saturated heterocycles. The highest BCUT2D eigenvalue weighted by atomic mass is 19.1. The summed E-state index contributed by atoms with van der Waals surface area (Å²) >= 11 is 0. The molecule has 6 amide bonds. The van der Waals surface area contributed by atoms with Crippen LogP contribution in [-0.2, 0) is 36.8 Å². The third-order valence-corrected chi connectivity index (χ3v) is 17.9. The standard InChI is InChI=1S/C66H79F4N9O9/c1-66(2,3)88-65(86)79(39-46-14-16-47(67)38-55(46)69)41-59(81)75-27-19-43(20-28-75)45-15-17-52(56(70)37-45)61(82)71-60(44-9-5-4-6-10-44)64(85)77-29-23-49(24-30-77)87-48-21-25-74(26-22-48)40-58(80)76-31-33-78(34-32-76)63(84)53-35-42(13-18-54(53)68)36-57-50-11-7-8-12-51(50)62(83)73-72-57/h7-8,11-18,35,37-38,43-44,48-49,60H,4-6,9-10,19-34,36,39-41H2,1-3H3,(H,71,82)(H,73,83)/t60-/m1/s1. The van der Waals surface area contributed by atoms with Gasteiger partial charge in [0.2, 0.25) is 17.7 Å². The quantitative estimate of drug-likeness (QED) is 0.0901. The lowest BCUT2D eigenvalue weighted by atomic mass is 9.83. The number of nitrogens with zero attached hydrogens (tertiary/aromatic N) is 7. The number of nitrogens with one attached hydrogen (secondary N) is 2. The fraction of sp³-hybridized carbons (Fsp3) is 0.515. The predicted octanol–water partition coefficient (Wildman–Crippen LogP) is 8.35. The van der Waals surface area contributed by atoms with Crippen molar-refractivity contribution in [2.24, 2.45) is 5.92 Å². The molecule has 10 rings (SSSR count). The van der Waals surface area contributed by atoms with Gasteiger partial charge >= 0.3 is 6.09 Å². The van der Waals surface area contributed by atoms with Gasteiger partial charge in [0.05, 0.1) is 47.5 Å². The maximum atomic E-state index is 16.1. The lowest BCUT2D eigenvalue weighted by molar-refractivity contribution is -0.140. The second-order valence-electron chi connectivity index (χ2n) is 25.2. The predicted molar refractivity (Wildman–Crippen MR) is 320 cm³/mol. The van der Waals surface area contributed by atoms with Crippen LogP contribution in [0.5, 0.6) is 0 Å². The highest BCUT2D eigenvalue weighted by Gasteiger charge is 2.38. The zero-order valence-corrected chi connectivity index (χ0v) is 50.4. The van der Waals surface area contributed by atoms with Crippen molar-refractivity contribution in [3.05, 3.63) is 146 Å². The van der Waals surface area contributed by atoms with E-state index in [1.165, 1.54) is 30.3 Å². The maximum Gasteiger partial charge on any atom is 0.411 e. The highest BCUT2D eigenvalue weighted by Crippen LogP contribution is 2.32. The van der Waals surface area contributed by atoms with Gasteiger partial charge in [0.1, 0.15) is 41.5 Å². The van der Waals surface area contributed by atoms with Gasteiger partial charge in [0.15, 0.2) is 0 Å². The monoisotopic (exact) mass is 1220 g/mol. The SMILES string of the molecule is CC(C)(C)OC(=O)N(CC(=O)N1CCC(c2ccc(C(=O)N[C@@H](C(=O)N3CCC(OC4CCN(CC(=O)N5CCN(C(=O)c6cc(Cc7n[nH]c(=O)c8ccccc78)ccc6F)CC5)CC4)CC3)C3CCCCC3)c(F)c2)CC1)Cc1ccc(F)cc1F. The molecule has 0 bridgehead atoms. The van der Waals surface area contributed by atoms with Crippen molar-refractivity contribution in [3.8, 4) is 0 Å². The fourth-order valence-electron chi connectivity index (χ4n) is 13.0. The number of piperidine rings is 3. The number of hydrogen-bond acceptors (Lipinski definition) is 11. The number of fused-ring (bicyclic) bond motifs is 1. The zero-order chi connectivity index (χ0) is 62.2. The minimum atomic E-state index is -0.893. The number of hydrogen-bond donors (Lipinski definition) is 2. The Bertz CT molecular complexity index is 3410. The number of ether oxygens (including phenoxy) is 2. The van der Waals surface area contributed by atoms with E-state index in [1.54, 1.807) is 70.7 Å². The molecule has 5 heterocycles. The van der Waals surface area contributed by atoms with Crippen LogP contribution in [0.15, 0.2) is 83.7 Å². The lowest BCUT2D eigenvalue weighted by Crippen LogP contribution is -2.55. The van der Waals surface area contributed by atoms with E-state index in [0.717, 1.165) is 55.9 Å². The summed E-state index contributed by atoms with van der Waals surface area (Å²) in [6.45, 7) is 8.59. The van der Waals surface area contributed by atoms with Gasteiger partial charge in [0.25, 0.3) is 17.4 Å². The Morgan fingerprint density at radius 3 is 1.98 bits per heavy atom. The van der Waals surface area contributed by atoms with Crippen LogP contribution in [0.1, 0.15) is 140 Å². The third-order valence-electron chi connectivity index (χ3n) is 17.9. The third kappa shape index (κ3) is 15.8. The van der Waals surface area contributed by atoms with Crippen LogP contribution < -0.4 is 10.9 Å². The molecule has 1 saturated carbocycles. The second kappa shape index (κ2) is 28.2. The number of benzene rings is 4. The van der Waals surface area contributed by atoms with Crippen molar-refractivity contribution < 1.29 is 55.8 Å². The average Bonchev–Trinajstić information content (AvgIpc) is 2.72. The van der Waals surface area contributed by atoms with Crippen LogP contribution in [0.3, 0.4) is 0 Å². The van der Waals surface area contributed by atoms with Crippen LogP contribution in [0, 0.1) is 29.2 Å². The van der Waals surface area contributed by atoms with E-state index in [9.17, 15) is 42.3 Å². The molecule has 1 aliphatic carbocycles. The van der Waals surface area contributed by atoms with E-state index in [0.29, 0.717) is 112 Å². The van der Waals surface area contributed by atoms with Crippen LogP contribution in [-0.4, -0.2) is 178 Å². The van der Waals surface area contributed by atoms with Gasteiger partial charge in [-0.05, 0) is 131 Å². The van der Waals surface area contributed by atoms with E-state index < -0.39 is 59.4 Å². The maximum absolute atomic E-state index is 16.1. The molecule has 88 heavy (non-hydrogen) atoms. The zero-order valence-electron chi connectivity index (χ0n) is 50.4. The Morgan fingerprint density at radius 1 is 0.659 bits per heavy atom. The summed E-state index contributed by atoms with van der Waals surface area (Å²) in [6.07, 6.45) is 7.53. The van der Waals surface area contributed by atoms with E-state index >= 15 is 8.78 Å². The smallest absolute Gasteiger partial charge is 0.411 e. The first-order valence-electron chi connectivity index (χ1n) is 31.0. The normalized spacial score (nSPS) is 18.3. The molecular weight excluding hydrogens is 1140 g/mol. The number of H-pyrrole nitrogens is 1. The number of piperazine rings is 1. The molecule has 0 unspecified atom stereocenters. The number of amides is 6. The fourth-order valence-corrected chi connectivity index (χ4v) is 13.0. The van der Waals surface area contributed by atoms with Gasteiger partial charge in [-0.2, -0.15) is 5.10 Å². The van der Waals surface area contributed by atoms with Crippen molar-refractivity contribution in [2.75, 3.05) is 78.5 Å². The first-order chi connectivity index (χ1) is 42.2. The molecule has 1 aromatic heterocycles. The number of likely N-dealkylation sites (tertiary alicyclic amines) is 3. The minimum Gasteiger partial charge on any atom is -0.444 e. The van der Waals surface area contributed by atoms with Crippen molar-refractivity contribution in [2.45, 2.75) is 134 Å². The van der Waals surface area contributed by atoms with E-state index in [2.05, 4.69) is 20.4 Å². The molecule has 470 valence electrons. The molecule has 5 aromatic rings. The summed E-state index contributed by atoms with van der Waals surface area (Å²) in [6, 6.07) is 18.2. The number of halogens is 4. The number of carbonyl (C=O) groups excluding carboxylic acids is 6. The van der Waals surface area contributed by atoms with Gasteiger partial charge in [-0.3, -0.25) is 38.6 Å². The Morgan fingerprint density at radius 2 is 1.31 bits per heavy atom. The van der Waals surface area contributed by atoms with Crippen LogP contribution >= 0.6 is 0 Å². The summed E-state index contributed by atoms with van der Waals surface area (Å²) < 4.78 is 71.6. The minimum absolute atomic E-state index is 0.00387. The van der Waals surface area contributed by atoms with Crippen molar-refractivity contribution in [3.63, 3.8) is 0 Å². The van der Waals surface area contributed by atoms with E-state index in [-0.39, 0.29) is 96.6 Å². The molecule has 1 atom stereocenters. The highest BCUT2D eigenvalue weighted by molar-refractivity contribution is 5.98. The molecule has 2 N–H and O–H groups in total. The topological polar surface area (TPSA) is 198 Å². The summed E-state index contributed by atoms with van der Waals surface area (Å²) in [5.74, 6) is -4.89. The Hall–Kier alpha value is -7.72. The second-order valence-corrected chi connectivity index (χ2v) is 25.2. The number of carbonyl (C=O) groups is 6. The molecule has 22 heteroatoms. The van der Waals surface area contributed by atoms with E-state index in [1.807, 2.05) is 6.07 Å². The van der Waals surface area contributed by atoms with Crippen molar-refractivity contribution in [1.29, 1.82) is 0 Å². The number of aromatic nitrogens is 2. The number of aromatic amines is 1. The van der Waals surface area contributed by atoms with Gasteiger partial charge < -0.3 is 34.4 Å². The molecule has 4 aromatic carbocycles. The van der Waals surface area contributed by atoms with Crippen LogP contribution in [0.2, 0.25) is 0 Å². The summed E-state index contributed by atoms with van der Waals surface area (Å²) in [4.78, 5) is 105. The van der Waals surface area contributed by atoms with Gasteiger partial charge in [-0.25, -0.2) is 27.5 Å². The van der Waals surface area contributed by atoms with Crippen LogP contribution in [0.4, 0.5) is 22.4 Å². The first-order valence-corrected chi connectivity index (χ1v) is 31.0. The van der Waals surface area contributed by atoms with Crippen molar-refractivity contribution in [1.82, 2.24) is 44.9 Å². The molecule has 0 radical (unpaired) electrons.